The van der Waals surface area contributed by atoms with Crippen LogP contribution in [0.1, 0.15) is 42.2 Å². The molecule has 2 aromatic carbocycles. The Morgan fingerprint density at radius 2 is 2.03 bits per heavy atom. The quantitative estimate of drug-likeness (QED) is 0.666. The van der Waals surface area contributed by atoms with Gasteiger partial charge in [-0.05, 0) is 32.0 Å². The van der Waals surface area contributed by atoms with Crippen molar-refractivity contribution in [3.63, 3.8) is 0 Å². The SMILES string of the molecule is COc1cc(C(=O)OCC(=O)NC2CCOc3ccccc32)cc(Cl)c1OC(C)C. The van der Waals surface area contributed by atoms with Crippen molar-refractivity contribution < 1.29 is 28.5 Å². The number of hydrogen-bond acceptors (Lipinski definition) is 6. The third-order valence-corrected chi connectivity index (χ3v) is 4.73. The van der Waals surface area contributed by atoms with Gasteiger partial charge in [0.1, 0.15) is 5.75 Å². The van der Waals surface area contributed by atoms with E-state index in [1.807, 2.05) is 38.1 Å². The van der Waals surface area contributed by atoms with E-state index in [0.29, 0.717) is 24.5 Å². The summed E-state index contributed by atoms with van der Waals surface area (Å²) >= 11 is 6.24. The molecule has 0 aromatic heterocycles. The van der Waals surface area contributed by atoms with Crippen molar-refractivity contribution in [3.8, 4) is 17.2 Å². The molecule has 1 aliphatic heterocycles. The fraction of sp³-hybridized carbons (Fsp3) is 0.364. The fourth-order valence-electron chi connectivity index (χ4n) is 3.13. The van der Waals surface area contributed by atoms with Gasteiger partial charge in [-0.15, -0.1) is 0 Å². The van der Waals surface area contributed by atoms with E-state index in [-0.39, 0.29) is 22.7 Å². The molecule has 1 unspecified atom stereocenters. The van der Waals surface area contributed by atoms with E-state index in [2.05, 4.69) is 5.32 Å². The summed E-state index contributed by atoms with van der Waals surface area (Å²) in [5, 5.41) is 3.10. The zero-order chi connectivity index (χ0) is 21.7. The van der Waals surface area contributed by atoms with E-state index in [0.717, 1.165) is 11.3 Å². The van der Waals surface area contributed by atoms with Gasteiger partial charge in [-0.3, -0.25) is 4.79 Å². The molecule has 0 saturated carbocycles. The first-order valence-electron chi connectivity index (χ1n) is 9.61. The number of hydrogen-bond donors (Lipinski definition) is 1. The van der Waals surface area contributed by atoms with Crippen LogP contribution in [0.25, 0.3) is 0 Å². The maximum atomic E-state index is 12.4. The number of rotatable bonds is 7. The van der Waals surface area contributed by atoms with Gasteiger partial charge in [0.05, 0.1) is 36.4 Å². The monoisotopic (exact) mass is 433 g/mol. The minimum Gasteiger partial charge on any atom is -0.493 e. The van der Waals surface area contributed by atoms with E-state index < -0.39 is 18.5 Å². The van der Waals surface area contributed by atoms with Gasteiger partial charge in [0.25, 0.3) is 5.91 Å². The molecular formula is C22H24ClNO6. The van der Waals surface area contributed by atoms with E-state index in [1.165, 1.54) is 19.2 Å². The average Bonchev–Trinajstić information content (AvgIpc) is 2.73. The molecule has 8 heteroatoms. The van der Waals surface area contributed by atoms with Crippen molar-refractivity contribution in [2.75, 3.05) is 20.3 Å². The van der Waals surface area contributed by atoms with Crippen molar-refractivity contribution in [2.45, 2.75) is 32.4 Å². The zero-order valence-electron chi connectivity index (χ0n) is 17.1. The molecule has 1 amide bonds. The number of halogens is 1. The third-order valence-electron chi connectivity index (χ3n) is 4.45. The van der Waals surface area contributed by atoms with E-state index in [4.69, 9.17) is 30.5 Å². The molecule has 2 aromatic rings. The van der Waals surface area contributed by atoms with E-state index in [1.54, 1.807) is 0 Å². The van der Waals surface area contributed by atoms with Gasteiger partial charge in [-0.25, -0.2) is 4.79 Å². The second-order valence-corrected chi connectivity index (χ2v) is 7.43. The minimum atomic E-state index is -0.686. The number of para-hydroxylation sites is 1. The van der Waals surface area contributed by atoms with Crippen LogP contribution in [-0.2, 0) is 9.53 Å². The first-order chi connectivity index (χ1) is 14.4. The summed E-state index contributed by atoms with van der Waals surface area (Å²) in [6.45, 7) is 3.80. The van der Waals surface area contributed by atoms with Crippen molar-refractivity contribution in [2.24, 2.45) is 0 Å². The summed E-state index contributed by atoms with van der Waals surface area (Å²) in [6, 6.07) is 10.2. The summed E-state index contributed by atoms with van der Waals surface area (Å²) in [5.74, 6) is 0.321. The third kappa shape index (κ3) is 5.16. The predicted octanol–water partition coefficient (Wildman–Crippen LogP) is 3.93. The molecular weight excluding hydrogens is 410 g/mol. The molecule has 3 rings (SSSR count). The van der Waals surface area contributed by atoms with Crippen LogP contribution < -0.4 is 19.5 Å². The number of carbonyl (C=O) groups excluding carboxylic acids is 2. The Morgan fingerprint density at radius 3 is 2.77 bits per heavy atom. The van der Waals surface area contributed by atoms with Gasteiger partial charge in [0, 0.05) is 12.0 Å². The number of ether oxygens (including phenoxy) is 4. The molecule has 0 saturated heterocycles. The normalized spacial score (nSPS) is 15.0. The summed E-state index contributed by atoms with van der Waals surface area (Å²) in [4.78, 5) is 24.7. The second kappa shape index (κ2) is 9.71. The lowest BCUT2D eigenvalue weighted by Crippen LogP contribution is -2.35. The molecule has 0 spiro atoms. The molecule has 0 aliphatic carbocycles. The van der Waals surface area contributed by atoms with Gasteiger partial charge in [-0.1, -0.05) is 29.8 Å². The largest absolute Gasteiger partial charge is 0.493 e. The van der Waals surface area contributed by atoms with Crippen LogP contribution >= 0.6 is 11.6 Å². The maximum Gasteiger partial charge on any atom is 0.338 e. The summed E-state index contributed by atoms with van der Waals surface area (Å²) in [5.41, 5.74) is 1.07. The number of esters is 1. The Morgan fingerprint density at radius 1 is 1.27 bits per heavy atom. The Labute approximate surface area is 180 Å². The Balaban J connectivity index is 1.62. The average molecular weight is 434 g/mol. The molecule has 0 radical (unpaired) electrons. The van der Waals surface area contributed by atoms with Gasteiger partial charge in [0.15, 0.2) is 18.1 Å². The number of methoxy groups -OCH3 is 1. The van der Waals surface area contributed by atoms with Crippen LogP contribution in [0.2, 0.25) is 5.02 Å². The summed E-state index contributed by atoms with van der Waals surface area (Å²) < 4.78 is 21.6. The zero-order valence-corrected chi connectivity index (χ0v) is 17.8. The van der Waals surface area contributed by atoms with E-state index >= 15 is 0 Å². The standard InChI is InChI=1S/C22H24ClNO6/c1-13(2)30-21-16(23)10-14(11-19(21)27-3)22(26)29-12-20(25)24-17-8-9-28-18-7-5-4-6-15(17)18/h4-7,10-11,13,17H,8-9,12H2,1-3H3,(H,24,25). The summed E-state index contributed by atoms with van der Waals surface area (Å²) in [6.07, 6.45) is 0.522. The van der Waals surface area contributed by atoms with Gasteiger partial charge >= 0.3 is 5.97 Å². The molecule has 30 heavy (non-hydrogen) atoms. The van der Waals surface area contributed by atoms with Gasteiger partial charge in [-0.2, -0.15) is 0 Å². The van der Waals surface area contributed by atoms with Crippen LogP contribution in [0.4, 0.5) is 0 Å². The van der Waals surface area contributed by atoms with E-state index in [9.17, 15) is 9.59 Å². The molecule has 0 fully saturated rings. The highest BCUT2D eigenvalue weighted by molar-refractivity contribution is 6.32. The molecule has 1 atom stereocenters. The lowest BCUT2D eigenvalue weighted by molar-refractivity contribution is -0.125. The van der Waals surface area contributed by atoms with Crippen molar-refractivity contribution in [3.05, 3.63) is 52.5 Å². The number of nitrogens with one attached hydrogen (secondary N) is 1. The lowest BCUT2D eigenvalue weighted by atomic mass is 10.0. The molecule has 1 heterocycles. The number of amides is 1. The highest BCUT2D eigenvalue weighted by Gasteiger charge is 2.23. The lowest BCUT2D eigenvalue weighted by Gasteiger charge is -2.26. The van der Waals surface area contributed by atoms with Crippen LogP contribution in [0.15, 0.2) is 36.4 Å². The van der Waals surface area contributed by atoms with Crippen LogP contribution in [0.3, 0.4) is 0 Å². The predicted molar refractivity (Wildman–Crippen MR) is 111 cm³/mol. The molecule has 1 aliphatic rings. The first-order valence-corrected chi connectivity index (χ1v) is 9.99. The molecule has 0 bridgehead atoms. The van der Waals surface area contributed by atoms with Crippen LogP contribution in [-0.4, -0.2) is 38.3 Å². The molecule has 160 valence electrons. The smallest absolute Gasteiger partial charge is 0.338 e. The Bertz CT molecular complexity index is 930. The van der Waals surface area contributed by atoms with Gasteiger partial charge < -0.3 is 24.3 Å². The molecule has 7 nitrogen and oxygen atoms in total. The fourth-order valence-corrected chi connectivity index (χ4v) is 3.39. The second-order valence-electron chi connectivity index (χ2n) is 7.03. The topological polar surface area (TPSA) is 83.1 Å². The van der Waals surface area contributed by atoms with Crippen molar-refractivity contribution in [1.29, 1.82) is 0 Å². The minimum absolute atomic E-state index is 0.117. The molecule has 1 N–H and O–H groups in total. The number of benzene rings is 2. The highest BCUT2D eigenvalue weighted by atomic mass is 35.5. The number of fused-ring (bicyclic) bond motifs is 1. The van der Waals surface area contributed by atoms with Crippen LogP contribution in [0, 0.1) is 0 Å². The first kappa shape index (κ1) is 21.8. The van der Waals surface area contributed by atoms with Crippen molar-refractivity contribution >= 4 is 23.5 Å². The van der Waals surface area contributed by atoms with Gasteiger partial charge in [0.2, 0.25) is 0 Å². The summed E-state index contributed by atoms with van der Waals surface area (Å²) in [7, 11) is 1.45. The Hall–Kier alpha value is -2.93. The van der Waals surface area contributed by atoms with Crippen LogP contribution in [0.5, 0.6) is 17.2 Å². The van der Waals surface area contributed by atoms with Crippen molar-refractivity contribution in [1.82, 2.24) is 5.32 Å². The Kier molecular flexibility index (Phi) is 7.05. The number of carbonyl (C=O) groups is 2. The maximum absolute atomic E-state index is 12.4. The highest BCUT2D eigenvalue weighted by Crippen LogP contribution is 2.37.